The van der Waals surface area contributed by atoms with Crippen LogP contribution in [0.3, 0.4) is 0 Å². The van der Waals surface area contributed by atoms with E-state index in [1.807, 2.05) is 13.0 Å². The molecule has 1 aromatic rings. The predicted molar refractivity (Wildman–Crippen MR) is 92.0 cm³/mol. The van der Waals surface area contributed by atoms with Gasteiger partial charge in [0.2, 0.25) is 5.91 Å². The van der Waals surface area contributed by atoms with Crippen molar-refractivity contribution >= 4 is 11.8 Å². The number of hydrogen-bond acceptors (Lipinski definition) is 3. The Kier molecular flexibility index (Phi) is 5.07. The van der Waals surface area contributed by atoms with Crippen LogP contribution in [0.1, 0.15) is 42.4 Å². The maximum atomic E-state index is 12.2. The average molecular weight is 330 g/mol. The van der Waals surface area contributed by atoms with Crippen molar-refractivity contribution in [1.29, 1.82) is 0 Å². The summed E-state index contributed by atoms with van der Waals surface area (Å²) in [7, 11) is 0. The van der Waals surface area contributed by atoms with Crippen molar-refractivity contribution in [2.75, 3.05) is 13.1 Å². The third-order valence-electron chi connectivity index (χ3n) is 5.09. The summed E-state index contributed by atoms with van der Waals surface area (Å²) in [6.45, 7) is 5.01. The van der Waals surface area contributed by atoms with Gasteiger partial charge in [-0.3, -0.25) is 9.59 Å². The Morgan fingerprint density at radius 3 is 2.38 bits per heavy atom. The fourth-order valence-electron chi connectivity index (χ4n) is 3.48. The first kappa shape index (κ1) is 16.8. The predicted octanol–water partition coefficient (Wildman–Crippen LogP) is 2.03. The summed E-state index contributed by atoms with van der Waals surface area (Å²) in [5, 5.41) is 5.76. The summed E-state index contributed by atoms with van der Waals surface area (Å²) in [4.78, 5) is 24.1. The molecule has 1 atom stereocenters. The van der Waals surface area contributed by atoms with Gasteiger partial charge in [0.05, 0.1) is 0 Å². The Morgan fingerprint density at radius 1 is 1.04 bits per heavy atom. The molecule has 1 aliphatic heterocycles. The van der Waals surface area contributed by atoms with Gasteiger partial charge in [0.15, 0.2) is 6.10 Å². The molecule has 130 valence electrons. The Labute approximate surface area is 143 Å². The number of hydrogen-bond donors (Lipinski definition) is 2. The topological polar surface area (TPSA) is 67.4 Å². The van der Waals surface area contributed by atoms with Crippen molar-refractivity contribution in [3.05, 3.63) is 28.8 Å². The highest BCUT2D eigenvalue weighted by molar-refractivity contribution is 5.83. The molecule has 0 unspecified atom stereocenters. The maximum absolute atomic E-state index is 12.2. The molecular formula is C19H26N2O3. The molecule has 5 heteroatoms. The number of nitrogens with one attached hydrogen (secondary N) is 2. The van der Waals surface area contributed by atoms with Gasteiger partial charge in [-0.15, -0.1) is 0 Å². The summed E-state index contributed by atoms with van der Waals surface area (Å²) in [5.74, 6) is 0.987. The van der Waals surface area contributed by atoms with Gasteiger partial charge in [-0.25, -0.2) is 0 Å². The summed E-state index contributed by atoms with van der Waals surface area (Å²) in [5.41, 5.74) is 3.48. The van der Waals surface area contributed by atoms with Gasteiger partial charge in [0.1, 0.15) is 5.75 Å². The second-order valence-corrected chi connectivity index (χ2v) is 6.92. The molecule has 0 spiro atoms. The Hall–Kier alpha value is -2.04. The number of rotatable bonds is 5. The zero-order chi connectivity index (χ0) is 17.1. The lowest BCUT2D eigenvalue weighted by Gasteiger charge is -2.13. The van der Waals surface area contributed by atoms with Crippen LogP contribution in [0.5, 0.6) is 5.75 Å². The van der Waals surface area contributed by atoms with Crippen molar-refractivity contribution in [1.82, 2.24) is 10.6 Å². The number of carbonyl (C=O) groups excluding carboxylic acids is 2. The lowest BCUT2D eigenvalue weighted by atomic mass is 10.0. The molecule has 0 radical (unpaired) electrons. The van der Waals surface area contributed by atoms with Gasteiger partial charge >= 0.3 is 0 Å². The maximum Gasteiger partial charge on any atom is 0.261 e. The minimum absolute atomic E-state index is 0.114. The van der Waals surface area contributed by atoms with Crippen LogP contribution in [0.2, 0.25) is 0 Å². The van der Waals surface area contributed by atoms with Gasteiger partial charge in [-0.2, -0.15) is 0 Å². The highest BCUT2D eigenvalue weighted by atomic mass is 16.5. The van der Waals surface area contributed by atoms with E-state index in [2.05, 4.69) is 23.6 Å². The molecule has 0 aromatic heterocycles. The van der Waals surface area contributed by atoms with E-state index >= 15 is 0 Å². The molecule has 0 bridgehead atoms. The van der Waals surface area contributed by atoms with Crippen molar-refractivity contribution in [3.8, 4) is 5.75 Å². The van der Waals surface area contributed by atoms with Crippen LogP contribution in [0.4, 0.5) is 0 Å². The molecule has 24 heavy (non-hydrogen) atoms. The van der Waals surface area contributed by atoms with Crippen molar-refractivity contribution in [2.45, 2.75) is 52.1 Å². The summed E-state index contributed by atoms with van der Waals surface area (Å²) in [6, 6.07) is 4.10. The van der Waals surface area contributed by atoms with E-state index < -0.39 is 6.10 Å². The molecule has 5 nitrogen and oxygen atoms in total. The number of benzene rings is 1. The van der Waals surface area contributed by atoms with Crippen LogP contribution in [-0.2, 0) is 16.0 Å². The Morgan fingerprint density at radius 2 is 1.67 bits per heavy atom. The molecule has 2 aliphatic rings. The molecule has 1 aliphatic carbocycles. The van der Waals surface area contributed by atoms with E-state index in [0.29, 0.717) is 19.5 Å². The molecule has 1 saturated carbocycles. The third-order valence-corrected chi connectivity index (χ3v) is 5.09. The van der Waals surface area contributed by atoms with Crippen LogP contribution in [0.15, 0.2) is 12.1 Å². The third kappa shape index (κ3) is 3.71. The molecule has 2 N–H and O–H groups in total. The van der Waals surface area contributed by atoms with Crippen LogP contribution in [0.25, 0.3) is 0 Å². The number of aryl methyl sites for hydroxylation is 2. The first-order valence-corrected chi connectivity index (χ1v) is 8.87. The summed E-state index contributed by atoms with van der Waals surface area (Å²) in [6.07, 6.45) is 4.42. The molecule has 2 amide bonds. The molecule has 1 fully saturated rings. The quantitative estimate of drug-likeness (QED) is 0.812. The number of fused-ring (bicyclic) bond motifs is 1. The van der Waals surface area contributed by atoms with E-state index in [1.165, 1.54) is 11.1 Å². The van der Waals surface area contributed by atoms with Gasteiger partial charge < -0.3 is 15.4 Å². The average Bonchev–Trinajstić information content (AvgIpc) is 3.21. The Balaban J connectivity index is 1.41. The number of amides is 2. The zero-order valence-corrected chi connectivity index (χ0v) is 14.5. The number of ether oxygens (including phenoxy) is 1. The molecule has 1 heterocycles. The summed E-state index contributed by atoms with van der Waals surface area (Å²) < 4.78 is 5.76. The minimum atomic E-state index is -0.466. The normalized spacial score (nSPS) is 19.7. The molecular weight excluding hydrogens is 304 g/mol. The molecule has 3 rings (SSSR count). The lowest BCUT2D eigenvalue weighted by molar-refractivity contribution is -0.128. The highest BCUT2D eigenvalue weighted by Gasteiger charge is 2.29. The second-order valence-electron chi connectivity index (χ2n) is 6.92. The molecule has 1 aromatic carbocycles. The monoisotopic (exact) mass is 330 g/mol. The van der Waals surface area contributed by atoms with Crippen molar-refractivity contribution < 1.29 is 14.3 Å². The van der Waals surface area contributed by atoms with Crippen molar-refractivity contribution in [3.63, 3.8) is 0 Å². The van der Waals surface area contributed by atoms with Crippen LogP contribution >= 0.6 is 0 Å². The fourth-order valence-corrected chi connectivity index (χ4v) is 3.48. The van der Waals surface area contributed by atoms with Gasteiger partial charge in [-0.1, -0.05) is 18.9 Å². The van der Waals surface area contributed by atoms with Crippen LogP contribution in [-0.4, -0.2) is 31.0 Å². The first-order chi connectivity index (χ1) is 11.5. The SMILES string of the molecule is Cc1cc2c(cc1C)O[C@@H](C(=O)NCCNC(=O)C1CCCC1)C2. The van der Waals surface area contributed by atoms with Crippen LogP contribution in [0, 0.1) is 19.8 Å². The Bertz CT molecular complexity index is 605. The van der Waals surface area contributed by atoms with E-state index in [1.54, 1.807) is 0 Å². The van der Waals surface area contributed by atoms with E-state index in [9.17, 15) is 9.59 Å². The second kappa shape index (κ2) is 7.24. The van der Waals surface area contributed by atoms with Crippen LogP contribution < -0.4 is 15.4 Å². The van der Waals surface area contributed by atoms with Gasteiger partial charge in [0.25, 0.3) is 5.91 Å². The first-order valence-electron chi connectivity index (χ1n) is 8.87. The van der Waals surface area contributed by atoms with E-state index in [0.717, 1.165) is 37.0 Å². The van der Waals surface area contributed by atoms with Gasteiger partial charge in [0, 0.05) is 25.4 Å². The summed E-state index contributed by atoms with van der Waals surface area (Å²) >= 11 is 0. The lowest BCUT2D eigenvalue weighted by Crippen LogP contribution is -2.42. The van der Waals surface area contributed by atoms with Gasteiger partial charge in [-0.05, 0) is 49.4 Å². The van der Waals surface area contributed by atoms with E-state index in [-0.39, 0.29) is 17.7 Å². The zero-order valence-electron chi connectivity index (χ0n) is 14.5. The molecule has 0 saturated heterocycles. The number of carbonyl (C=O) groups is 2. The van der Waals surface area contributed by atoms with Crippen molar-refractivity contribution in [2.24, 2.45) is 5.92 Å². The fraction of sp³-hybridized carbons (Fsp3) is 0.579. The minimum Gasteiger partial charge on any atom is -0.480 e. The van der Waals surface area contributed by atoms with E-state index in [4.69, 9.17) is 4.74 Å². The highest BCUT2D eigenvalue weighted by Crippen LogP contribution is 2.31. The standard InChI is InChI=1S/C19H26N2O3/c1-12-9-15-11-17(24-16(15)10-13(12)2)19(23)21-8-7-20-18(22)14-5-3-4-6-14/h9-10,14,17H,3-8,11H2,1-2H3,(H,20,22)(H,21,23)/t17-/m1/s1. The smallest absolute Gasteiger partial charge is 0.261 e. The largest absolute Gasteiger partial charge is 0.480 e.